The van der Waals surface area contributed by atoms with Crippen LogP contribution < -0.4 is 5.32 Å². The molecule has 4 nitrogen and oxygen atoms in total. The minimum Gasteiger partial charge on any atom is -0.359 e. The highest BCUT2D eigenvalue weighted by Crippen LogP contribution is 2.39. The molecule has 1 heterocycles. The molecule has 0 unspecified atom stereocenters. The van der Waals surface area contributed by atoms with Gasteiger partial charge in [-0.1, -0.05) is 62.4 Å². The summed E-state index contributed by atoms with van der Waals surface area (Å²) in [6.45, 7) is 7.58. The zero-order chi connectivity index (χ0) is 22.4. The number of hydrogen-bond donors (Lipinski definition) is 1. The van der Waals surface area contributed by atoms with Gasteiger partial charge in [0.2, 0.25) is 11.8 Å². The fourth-order valence-corrected chi connectivity index (χ4v) is 4.98. The topological polar surface area (TPSA) is 49.4 Å². The van der Waals surface area contributed by atoms with Crippen LogP contribution in [0, 0.1) is 18.3 Å². The van der Waals surface area contributed by atoms with E-state index in [1.807, 2.05) is 4.90 Å². The average molecular weight is 421 g/mol. The number of hydrogen-bond acceptors (Lipinski definition) is 2. The summed E-state index contributed by atoms with van der Waals surface area (Å²) in [5.41, 5.74) is 4.35. The van der Waals surface area contributed by atoms with Crippen molar-refractivity contribution in [3.05, 3.63) is 59.7 Å². The van der Waals surface area contributed by atoms with Crippen molar-refractivity contribution in [2.24, 2.45) is 11.3 Å². The van der Waals surface area contributed by atoms with Crippen molar-refractivity contribution < 1.29 is 9.59 Å². The molecule has 0 aromatic heterocycles. The third-order valence-corrected chi connectivity index (χ3v) is 7.06. The van der Waals surface area contributed by atoms with Gasteiger partial charge in [-0.25, -0.2) is 0 Å². The number of benzene rings is 2. The Morgan fingerprint density at radius 3 is 2.13 bits per heavy atom. The quantitative estimate of drug-likeness (QED) is 0.686. The van der Waals surface area contributed by atoms with E-state index in [4.69, 9.17) is 0 Å². The van der Waals surface area contributed by atoms with Crippen LogP contribution in [0.3, 0.4) is 0 Å². The normalized spacial score (nSPS) is 15.7. The molecule has 1 saturated heterocycles. The molecular formula is C27H36N2O2. The summed E-state index contributed by atoms with van der Waals surface area (Å²) < 4.78 is 0. The third-order valence-electron chi connectivity index (χ3n) is 7.06. The van der Waals surface area contributed by atoms with Gasteiger partial charge in [0.1, 0.15) is 0 Å². The Kier molecular flexibility index (Phi) is 7.53. The molecular weight excluding hydrogens is 384 g/mol. The first-order valence-corrected chi connectivity index (χ1v) is 11.6. The fraction of sp³-hybridized carbons (Fsp3) is 0.481. The summed E-state index contributed by atoms with van der Waals surface area (Å²) in [5.74, 6) is 0.423. The van der Waals surface area contributed by atoms with Crippen LogP contribution in [0.15, 0.2) is 48.5 Å². The number of nitrogens with one attached hydrogen (secondary N) is 1. The molecule has 4 heteroatoms. The van der Waals surface area contributed by atoms with E-state index < -0.39 is 5.41 Å². The van der Waals surface area contributed by atoms with Crippen molar-refractivity contribution in [2.75, 3.05) is 20.1 Å². The second-order valence-corrected chi connectivity index (χ2v) is 8.85. The minimum absolute atomic E-state index is 0.0849. The van der Waals surface area contributed by atoms with E-state index in [0.717, 1.165) is 12.8 Å². The lowest BCUT2D eigenvalue weighted by atomic mass is 9.71. The first-order chi connectivity index (χ1) is 15.0. The first-order valence-electron chi connectivity index (χ1n) is 11.6. The van der Waals surface area contributed by atoms with Gasteiger partial charge in [-0.05, 0) is 61.3 Å². The Balaban J connectivity index is 1.87. The van der Waals surface area contributed by atoms with Crippen LogP contribution in [0.4, 0.5) is 0 Å². The number of carbonyl (C=O) groups excluding carboxylic acids is 2. The van der Waals surface area contributed by atoms with Gasteiger partial charge in [-0.2, -0.15) is 0 Å². The highest BCUT2D eigenvalue weighted by atomic mass is 16.2. The molecule has 166 valence electrons. The van der Waals surface area contributed by atoms with Crippen molar-refractivity contribution in [3.8, 4) is 11.1 Å². The minimum atomic E-state index is -0.488. The van der Waals surface area contributed by atoms with E-state index in [1.165, 1.54) is 22.3 Å². The molecule has 0 bridgehead atoms. The van der Waals surface area contributed by atoms with Gasteiger partial charge in [-0.3, -0.25) is 9.59 Å². The molecule has 1 N–H and O–H groups in total. The summed E-state index contributed by atoms with van der Waals surface area (Å²) in [7, 11) is 1.72. The van der Waals surface area contributed by atoms with Gasteiger partial charge in [-0.15, -0.1) is 0 Å². The van der Waals surface area contributed by atoms with E-state index in [9.17, 15) is 9.59 Å². The predicted octanol–water partition coefficient (Wildman–Crippen LogP) is 5.00. The maximum Gasteiger partial charge on any atom is 0.226 e. The molecule has 0 saturated carbocycles. The summed E-state index contributed by atoms with van der Waals surface area (Å²) in [4.78, 5) is 28.0. The van der Waals surface area contributed by atoms with Crippen LogP contribution >= 0.6 is 0 Å². The summed E-state index contributed by atoms with van der Waals surface area (Å²) >= 11 is 0. The molecule has 0 atom stereocenters. The van der Waals surface area contributed by atoms with Crippen LogP contribution in [0.5, 0.6) is 0 Å². The summed E-state index contributed by atoms with van der Waals surface area (Å²) in [5, 5.41) is 2.91. The summed E-state index contributed by atoms with van der Waals surface area (Å²) in [6, 6.07) is 16.8. The third kappa shape index (κ3) is 4.84. The summed E-state index contributed by atoms with van der Waals surface area (Å²) in [6.07, 6.45) is 3.82. The number of aryl methyl sites for hydroxylation is 1. The highest BCUT2D eigenvalue weighted by Gasteiger charge is 2.42. The maximum absolute atomic E-state index is 13.1. The molecule has 0 radical (unpaired) electrons. The lowest BCUT2D eigenvalue weighted by Gasteiger charge is -2.41. The SMILES string of the molecule is CCC(CC)C(=O)N1CCC(Cc2ccccc2-c2ccccc2C)(C(=O)NC)CC1. The van der Waals surface area contributed by atoms with Gasteiger partial charge in [0.25, 0.3) is 0 Å². The van der Waals surface area contributed by atoms with Crippen LogP contribution in [-0.2, 0) is 16.0 Å². The maximum atomic E-state index is 13.1. The van der Waals surface area contributed by atoms with Crippen molar-refractivity contribution in [1.82, 2.24) is 10.2 Å². The standard InChI is InChI=1S/C27H36N2O2/c1-5-21(6-2)25(30)29-17-15-27(16-18-29,26(31)28-4)19-22-12-8-10-14-24(22)23-13-9-7-11-20(23)3/h7-14,21H,5-6,15-19H2,1-4H3,(H,28,31). The predicted molar refractivity (Wildman–Crippen MR) is 127 cm³/mol. The van der Waals surface area contributed by atoms with Gasteiger partial charge < -0.3 is 10.2 Å². The van der Waals surface area contributed by atoms with Crippen molar-refractivity contribution >= 4 is 11.8 Å². The molecule has 1 aliphatic rings. The van der Waals surface area contributed by atoms with Crippen LogP contribution in [-0.4, -0.2) is 36.9 Å². The molecule has 3 rings (SSSR count). The first kappa shape index (κ1) is 23.1. The Bertz CT molecular complexity index is 909. The zero-order valence-electron chi connectivity index (χ0n) is 19.4. The van der Waals surface area contributed by atoms with Gasteiger partial charge in [0.15, 0.2) is 0 Å². The number of carbonyl (C=O) groups is 2. The van der Waals surface area contributed by atoms with Gasteiger partial charge in [0, 0.05) is 26.1 Å². The average Bonchev–Trinajstić information content (AvgIpc) is 2.80. The number of piperidine rings is 1. The van der Waals surface area contributed by atoms with Crippen LogP contribution in [0.2, 0.25) is 0 Å². The zero-order valence-corrected chi connectivity index (χ0v) is 19.4. The molecule has 0 spiro atoms. The number of amides is 2. The number of rotatable bonds is 7. The number of likely N-dealkylation sites (tertiary alicyclic amines) is 1. The molecule has 1 aliphatic heterocycles. The van der Waals surface area contributed by atoms with E-state index in [2.05, 4.69) is 74.6 Å². The Morgan fingerprint density at radius 2 is 1.55 bits per heavy atom. The second-order valence-electron chi connectivity index (χ2n) is 8.85. The van der Waals surface area contributed by atoms with Gasteiger partial charge >= 0.3 is 0 Å². The van der Waals surface area contributed by atoms with Crippen molar-refractivity contribution in [2.45, 2.75) is 52.9 Å². The molecule has 2 aromatic carbocycles. The largest absolute Gasteiger partial charge is 0.359 e. The lowest BCUT2D eigenvalue weighted by Crippen LogP contribution is -2.51. The van der Waals surface area contributed by atoms with Gasteiger partial charge in [0.05, 0.1) is 5.41 Å². The van der Waals surface area contributed by atoms with Crippen LogP contribution in [0.1, 0.15) is 50.7 Å². The van der Waals surface area contributed by atoms with E-state index in [0.29, 0.717) is 32.4 Å². The Morgan fingerprint density at radius 1 is 0.968 bits per heavy atom. The second kappa shape index (κ2) is 10.1. The smallest absolute Gasteiger partial charge is 0.226 e. The molecule has 0 aliphatic carbocycles. The molecule has 31 heavy (non-hydrogen) atoms. The Hall–Kier alpha value is -2.62. The van der Waals surface area contributed by atoms with E-state index in [-0.39, 0.29) is 17.7 Å². The van der Waals surface area contributed by atoms with Crippen LogP contribution in [0.25, 0.3) is 11.1 Å². The van der Waals surface area contributed by atoms with Crippen molar-refractivity contribution in [3.63, 3.8) is 0 Å². The molecule has 2 aromatic rings. The van der Waals surface area contributed by atoms with Crippen molar-refractivity contribution in [1.29, 1.82) is 0 Å². The van der Waals surface area contributed by atoms with E-state index >= 15 is 0 Å². The number of nitrogens with zero attached hydrogens (tertiary/aromatic N) is 1. The molecule has 1 fully saturated rings. The Labute approximate surface area is 187 Å². The van der Waals surface area contributed by atoms with E-state index in [1.54, 1.807) is 7.05 Å². The monoisotopic (exact) mass is 420 g/mol. The molecule has 2 amide bonds. The lowest BCUT2D eigenvalue weighted by molar-refractivity contribution is -0.143. The fourth-order valence-electron chi connectivity index (χ4n) is 4.98. The highest BCUT2D eigenvalue weighted by molar-refractivity contribution is 5.84.